The maximum Gasteiger partial charge on any atom is 0.335 e. The average Bonchev–Trinajstić information content (AvgIpc) is 2.71. The van der Waals surface area contributed by atoms with Crippen molar-refractivity contribution in [1.29, 1.82) is 0 Å². The summed E-state index contributed by atoms with van der Waals surface area (Å²) in [4.78, 5) is 37.7. The Morgan fingerprint density at radius 2 is 2.06 bits per heavy atom. The van der Waals surface area contributed by atoms with Crippen LogP contribution in [0.3, 0.4) is 0 Å². The van der Waals surface area contributed by atoms with E-state index in [4.69, 9.17) is 33.9 Å². The van der Waals surface area contributed by atoms with Crippen LogP contribution in [0.15, 0.2) is 29.3 Å². The summed E-state index contributed by atoms with van der Waals surface area (Å²) in [6.45, 7) is 2.06. The maximum atomic E-state index is 12.4. The molecule has 1 fully saturated rings. The monoisotopic (exact) mass is 446 g/mol. The number of piperidine rings is 1. The number of benzene rings is 1. The molecule has 1 unspecified atom stereocenters. The molecular weight excluding hydrogens is 424 g/mol. The summed E-state index contributed by atoms with van der Waals surface area (Å²) in [7, 11) is 0. The average molecular weight is 447 g/mol. The van der Waals surface area contributed by atoms with E-state index in [1.807, 2.05) is 6.07 Å². The van der Waals surface area contributed by atoms with Crippen molar-refractivity contribution in [3.63, 3.8) is 0 Å². The zero-order chi connectivity index (χ0) is 22.5. The lowest BCUT2D eigenvalue weighted by Crippen LogP contribution is -2.42. The number of hydrogen-bond acceptors (Lipinski definition) is 8. The molecule has 2 heterocycles. The summed E-state index contributed by atoms with van der Waals surface area (Å²) < 4.78 is 0. The number of nitrogen functional groups attached to an aromatic ring is 2. The van der Waals surface area contributed by atoms with E-state index in [0.717, 1.165) is 24.9 Å². The first-order valence-corrected chi connectivity index (χ1v) is 9.88. The number of carbonyl (C=O) groups is 2. The van der Waals surface area contributed by atoms with Crippen molar-refractivity contribution in [2.24, 2.45) is 10.7 Å². The number of anilines is 2. The molecule has 1 atom stereocenters. The normalized spacial score (nSPS) is 17.3. The molecule has 1 aromatic heterocycles. The van der Waals surface area contributed by atoms with E-state index in [1.54, 1.807) is 18.2 Å². The minimum absolute atomic E-state index is 0.0705. The van der Waals surface area contributed by atoms with Gasteiger partial charge in [0, 0.05) is 13.1 Å². The first kappa shape index (κ1) is 22.2. The lowest BCUT2D eigenvalue weighted by molar-refractivity contribution is 0.0696. The van der Waals surface area contributed by atoms with E-state index >= 15 is 0 Å². The fourth-order valence-electron chi connectivity index (χ4n) is 3.35. The van der Waals surface area contributed by atoms with E-state index in [2.05, 4.69) is 25.2 Å². The van der Waals surface area contributed by atoms with Crippen LogP contribution in [-0.4, -0.2) is 56.9 Å². The second-order valence-electron chi connectivity index (χ2n) is 7.14. The third-order valence-corrected chi connectivity index (χ3v) is 5.02. The Hall–Kier alpha value is -3.44. The predicted molar refractivity (Wildman–Crippen MR) is 117 cm³/mol. The molecule has 1 saturated heterocycles. The van der Waals surface area contributed by atoms with Crippen molar-refractivity contribution in [3.8, 4) is 0 Å². The number of carboxylic acid groups (broad SMARTS) is 1. The summed E-state index contributed by atoms with van der Waals surface area (Å²) in [5.41, 5.74) is 18.0. The molecule has 0 spiro atoms. The lowest BCUT2D eigenvalue weighted by Gasteiger charge is -2.31. The summed E-state index contributed by atoms with van der Waals surface area (Å²) in [5, 5.41) is 11.5. The van der Waals surface area contributed by atoms with Gasteiger partial charge in [-0.25, -0.2) is 19.8 Å². The molecular formula is C19H23ClN8O3. The molecule has 31 heavy (non-hydrogen) atoms. The summed E-state index contributed by atoms with van der Waals surface area (Å²) in [6, 6.07) is 6.70. The zero-order valence-electron chi connectivity index (χ0n) is 16.6. The van der Waals surface area contributed by atoms with Gasteiger partial charge in [-0.05, 0) is 37.1 Å². The highest BCUT2D eigenvalue weighted by Gasteiger charge is 2.21. The smallest absolute Gasteiger partial charge is 0.335 e. The van der Waals surface area contributed by atoms with Crippen molar-refractivity contribution < 1.29 is 14.7 Å². The highest BCUT2D eigenvalue weighted by molar-refractivity contribution is 6.31. The number of aliphatic imine (C=N–C) groups is 1. The number of nitrogens with two attached hydrogens (primary N) is 3. The van der Waals surface area contributed by atoms with Crippen molar-refractivity contribution in [2.45, 2.75) is 25.4 Å². The van der Waals surface area contributed by atoms with Gasteiger partial charge in [-0.1, -0.05) is 23.7 Å². The standard InChI is InChI=1S/C19H23ClN8O3/c20-14-16(22)26-15(21)13(25-14)17(29)27-19(23)24-12-5-2-6-28(9-12)8-10-3-1-4-11(7-10)18(30)31/h1,3-4,7,12H,2,5-6,8-9H2,(H,30,31)(H4,21,22,26)(H3,23,24,27,29). The van der Waals surface area contributed by atoms with Gasteiger partial charge < -0.3 is 22.3 Å². The van der Waals surface area contributed by atoms with Crippen LogP contribution in [0.5, 0.6) is 0 Å². The number of nitrogens with zero attached hydrogens (tertiary/aromatic N) is 4. The number of hydrogen-bond donors (Lipinski definition) is 5. The Bertz CT molecular complexity index is 1030. The molecule has 11 nitrogen and oxygen atoms in total. The van der Waals surface area contributed by atoms with Crippen molar-refractivity contribution in [2.75, 3.05) is 24.6 Å². The van der Waals surface area contributed by atoms with E-state index in [0.29, 0.717) is 13.1 Å². The van der Waals surface area contributed by atoms with Gasteiger partial charge in [-0.3, -0.25) is 15.0 Å². The molecule has 0 saturated carbocycles. The summed E-state index contributed by atoms with van der Waals surface area (Å²) >= 11 is 5.80. The highest BCUT2D eigenvalue weighted by atomic mass is 35.5. The first-order chi connectivity index (χ1) is 14.7. The van der Waals surface area contributed by atoms with Crippen LogP contribution < -0.4 is 22.5 Å². The second kappa shape index (κ2) is 9.58. The van der Waals surface area contributed by atoms with Crippen LogP contribution >= 0.6 is 11.6 Å². The Kier molecular flexibility index (Phi) is 6.88. The largest absolute Gasteiger partial charge is 0.478 e. The number of aromatic nitrogens is 2. The van der Waals surface area contributed by atoms with Gasteiger partial charge in [0.15, 0.2) is 28.4 Å². The number of carboxylic acids is 1. The van der Waals surface area contributed by atoms with Crippen LogP contribution in [0.25, 0.3) is 0 Å². The second-order valence-corrected chi connectivity index (χ2v) is 7.50. The molecule has 1 amide bonds. The van der Waals surface area contributed by atoms with Gasteiger partial charge in [0.1, 0.15) is 0 Å². The Morgan fingerprint density at radius 1 is 1.29 bits per heavy atom. The molecule has 12 heteroatoms. The predicted octanol–water partition coefficient (Wildman–Crippen LogP) is 0.702. The van der Waals surface area contributed by atoms with Gasteiger partial charge in [-0.15, -0.1) is 0 Å². The van der Waals surface area contributed by atoms with E-state index in [1.165, 1.54) is 0 Å². The number of aromatic carboxylic acids is 1. The number of halogens is 1. The highest BCUT2D eigenvalue weighted by Crippen LogP contribution is 2.18. The van der Waals surface area contributed by atoms with Crippen LogP contribution in [0.4, 0.5) is 11.6 Å². The molecule has 0 bridgehead atoms. The molecule has 1 aromatic carbocycles. The van der Waals surface area contributed by atoms with E-state index in [9.17, 15) is 9.59 Å². The van der Waals surface area contributed by atoms with Crippen molar-refractivity contribution in [1.82, 2.24) is 20.2 Å². The number of nitrogens with one attached hydrogen (secondary N) is 1. The lowest BCUT2D eigenvalue weighted by atomic mass is 10.0. The van der Waals surface area contributed by atoms with Crippen LogP contribution in [0, 0.1) is 0 Å². The maximum absolute atomic E-state index is 12.4. The molecule has 8 N–H and O–H groups in total. The fraction of sp³-hybridized carbons (Fsp3) is 0.316. The minimum Gasteiger partial charge on any atom is -0.478 e. The Balaban J connectivity index is 1.62. The molecule has 1 aliphatic rings. The first-order valence-electron chi connectivity index (χ1n) is 9.50. The number of guanidine groups is 1. The topological polar surface area (TPSA) is 186 Å². The van der Waals surface area contributed by atoms with Gasteiger partial charge in [0.05, 0.1) is 11.6 Å². The van der Waals surface area contributed by atoms with Crippen molar-refractivity contribution >= 4 is 41.1 Å². The van der Waals surface area contributed by atoms with Crippen molar-refractivity contribution in [3.05, 3.63) is 46.2 Å². The molecule has 164 valence electrons. The van der Waals surface area contributed by atoms with Gasteiger partial charge in [-0.2, -0.15) is 0 Å². The molecule has 0 aliphatic carbocycles. The molecule has 2 aromatic rings. The van der Waals surface area contributed by atoms with Gasteiger partial charge in [0.2, 0.25) is 0 Å². The minimum atomic E-state index is -0.959. The number of rotatable bonds is 5. The number of carbonyl (C=O) groups excluding carboxylic acids is 1. The Labute approximate surface area is 183 Å². The summed E-state index contributed by atoms with van der Waals surface area (Å²) in [5.74, 6) is -1.96. The van der Waals surface area contributed by atoms with Gasteiger partial charge in [0.25, 0.3) is 5.91 Å². The Morgan fingerprint density at radius 3 is 2.81 bits per heavy atom. The zero-order valence-corrected chi connectivity index (χ0v) is 17.3. The summed E-state index contributed by atoms with van der Waals surface area (Å²) in [6.07, 6.45) is 1.69. The van der Waals surface area contributed by atoms with E-state index in [-0.39, 0.29) is 40.0 Å². The third kappa shape index (κ3) is 5.80. The van der Waals surface area contributed by atoms with E-state index < -0.39 is 11.9 Å². The molecule has 3 rings (SSSR count). The quantitative estimate of drug-likeness (QED) is 0.325. The fourth-order valence-corrected chi connectivity index (χ4v) is 3.48. The van der Waals surface area contributed by atoms with Crippen LogP contribution in [0.2, 0.25) is 5.15 Å². The molecule has 0 radical (unpaired) electrons. The van der Waals surface area contributed by atoms with Crippen LogP contribution in [0.1, 0.15) is 39.3 Å². The van der Waals surface area contributed by atoms with Crippen LogP contribution in [-0.2, 0) is 6.54 Å². The SMILES string of the molecule is NC(=NC1CCCN(Cc2cccc(C(=O)O)c2)C1)NC(=O)c1nc(Cl)c(N)nc1N. The molecule has 1 aliphatic heterocycles. The van der Waals surface area contributed by atoms with Gasteiger partial charge >= 0.3 is 5.97 Å². The number of amides is 1. The third-order valence-electron chi connectivity index (χ3n) is 4.74. The number of likely N-dealkylation sites (tertiary alicyclic amines) is 1.